The zero-order valence-corrected chi connectivity index (χ0v) is 14.5. The van der Waals surface area contributed by atoms with Gasteiger partial charge in [-0.25, -0.2) is 0 Å². The molecule has 0 saturated heterocycles. The van der Waals surface area contributed by atoms with Gasteiger partial charge in [-0.2, -0.15) is 0 Å². The molecule has 6 heteroatoms. The number of aromatic nitrogens is 3. The molecular weight excluding hydrogens is 316 g/mol. The first-order valence-electron chi connectivity index (χ1n) is 8.65. The summed E-state index contributed by atoms with van der Waals surface area (Å²) < 4.78 is 12.8. The fraction of sp³-hybridized carbons (Fsp3) is 0.368. The van der Waals surface area contributed by atoms with Crippen molar-refractivity contribution in [2.75, 3.05) is 6.79 Å². The fourth-order valence-electron chi connectivity index (χ4n) is 3.22. The van der Waals surface area contributed by atoms with Gasteiger partial charge in [0.15, 0.2) is 23.0 Å². The second-order valence-corrected chi connectivity index (χ2v) is 6.50. The van der Waals surface area contributed by atoms with Crippen molar-refractivity contribution in [1.82, 2.24) is 19.9 Å². The Hall–Kier alpha value is -2.60. The Balaban J connectivity index is 1.36. The lowest BCUT2D eigenvalue weighted by Gasteiger charge is -2.19. The minimum absolute atomic E-state index is 0.129. The Morgan fingerprint density at radius 2 is 2.00 bits per heavy atom. The number of aryl methyl sites for hydroxylation is 1. The molecule has 1 N–H and O–H groups in total. The van der Waals surface area contributed by atoms with Crippen LogP contribution in [-0.4, -0.2) is 27.4 Å². The van der Waals surface area contributed by atoms with Crippen LogP contribution in [0.25, 0.3) is 5.65 Å². The summed E-state index contributed by atoms with van der Waals surface area (Å²) in [5, 5.41) is 12.2. The summed E-state index contributed by atoms with van der Waals surface area (Å²) >= 11 is 0. The number of rotatable bonds is 6. The van der Waals surface area contributed by atoms with Crippen molar-refractivity contribution in [2.24, 2.45) is 0 Å². The van der Waals surface area contributed by atoms with Crippen LogP contribution in [0.4, 0.5) is 0 Å². The van der Waals surface area contributed by atoms with Crippen molar-refractivity contribution in [3.05, 3.63) is 54.0 Å². The maximum absolute atomic E-state index is 5.44. The van der Waals surface area contributed by atoms with E-state index in [1.165, 1.54) is 5.56 Å². The number of fused-ring (bicyclic) bond motifs is 2. The van der Waals surface area contributed by atoms with Gasteiger partial charge in [-0.3, -0.25) is 4.40 Å². The second kappa shape index (κ2) is 6.72. The van der Waals surface area contributed by atoms with Crippen LogP contribution in [0.1, 0.15) is 37.7 Å². The molecule has 1 aliphatic heterocycles. The number of benzene rings is 1. The summed E-state index contributed by atoms with van der Waals surface area (Å²) in [6.07, 6.45) is 4.01. The monoisotopic (exact) mass is 338 g/mol. The first kappa shape index (κ1) is 15.9. The summed E-state index contributed by atoms with van der Waals surface area (Å²) in [6.45, 7) is 4.65. The molecule has 3 heterocycles. The van der Waals surface area contributed by atoms with E-state index in [0.717, 1.165) is 35.8 Å². The molecule has 0 aliphatic carbocycles. The van der Waals surface area contributed by atoms with E-state index in [9.17, 15) is 0 Å². The number of pyridine rings is 1. The molecule has 4 rings (SSSR count). The van der Waals surface area contributed by atoms with E-state index in [2.05, 4.69) is 41.5 Å². The maximum atomic E-state index is 5.44. The Morgan fingerprint density at radius 3 is 2.92 bits per heavy atom. The lowest BCUT2D eigenvalue weighted by molar-refractivity contribution is 0.174. The van der Waals surface area contributed by atoms with Crippen molar-refractivity contribution in [1.29, 1.82) is 0 Å². The van der Waals surface area contributed by atoms with E-state index >= 15 is 0 Å². The smallest absolute Gasteiger partial charge is 0.231 e. The molecule has 0 amide bonds. The second-order valence-electron chi connectivity index (χ2n) is 6.50. The van der Waals surface area contributed by atoms with E-state index in [0.29, 0.717) is 12.8 Å². The Bertz CT molecular complexity index is 877. The standard InChI is InChI=1S/C19H22N4O2/c1-13(6-7-15-8-9-16-17(11-15)25-12-24-16)20-14(2)19-22-21-18-5-3-4-10-23(18)19/h3-5,8-11,13-14,20H,6-7,12H2,1-2H3. The summed E-state index contributed by atoms with van der Waals surface area (Å²) in [5.74, 6) is 2.62. The van der Waals surface area contributed by atoms with Crippen LogP contribution in [-0.2, 0) is 6.42 Å². The summed E-state index contributed by atoms with van der Waals surface area (Å²) in [4.78, 5) is 0. The van der Waals surface area contributed by atoms with Crippen molar-refractivity contribution < 1.29 is 9.47 Å². The van der Waals surface area contributed by atoms with E-state index in [1.54, 1.807) is 0 Å². The predicted molar refractivity (Wildman–Crippen MR) is 94.9 cm³/mol. The molecule has 3 aromatic rings. The van der Waals surface area contributed by atoms with Gasteiger partial charge in [0.2, 0.25) is 6.79 Å². The van der Waals surface area contributed by atoms with Crippen molar-refractivity contribution in [3.8, 4) is 11.5 Å². The van der Waals surface area contributed by atoms with Crippen LogP contribution >= 0.6 is 0 Å². The minimum atomic E-state index is 0.129. The molecule has 0 spiro atoms. The molecular formula is C19H22N4O2. The summed E-state index contributed by atoms with van der Waals surface area (Å²) in [6, 6.07) is 12.6. The van der Waals surface area contributed by atoms with E-state index in [1.807, 2.05) is 34.9 Å². The van der Waals surface area contributed by atoms with Crippen LogP contribution in [0.2, 0.25) is 0 Å². The van der Waals surface area contributed by atoms with Crippen LogP contribution < -0.4 is 14.8 Å². The van der Waals surface area contributed by atoms with Crippen molar-refractivity contribution in [2.45, 2.75) is 38.8 Å². The van der Waals surface area contributed by atoms with Gasteiger partial charge in [0, 0.05) is 12.2 Å². The van der Waals surface area contributed by atoms with Crippen LogP contribution in [0.5, 0.6) is 11.5 Å². The molecule has 1 aliphatic rings. The molecule has 0 radical (unpaired) electrons. The minimum Gasteiger partial charge on any atom is -0.454 e. The normalized spacial score (nSPS) is 15.4. The number of hydrogen-bond donors (Lipinski definition) is 1. The average molecular weight is 338 g/mol. The first-order chi connectivity index (χ1) is 12.2. The predicted octanol–water partition coefficient (Wildman–Crippen LogP) is 3.13. The first-order valence-corrected chi connectivity index (χ1v) is 8.65. The maximum Gasteiger partial charge on any atom is 0.231 e. The summed E-state index contributed by atoms with van der Waals surface area (Å²) in [7, 11) is 0. The van der Waals surface area contributed by atoms with Gasteiger partial charge >= 0.3 is 0 Å². The van der Waals surface area contributed by atoms with Gasteiger partial charge in [0.05, 0.1) is 6.04 Å². The van der Waals surface area contributed by atoms with Gasteiger partial charge in [0.25, 0.3) is 0 Å². The average Bonchev–Trinajstić information content (AvgIpc) is 3.26. The zero-order valence-electron chi connectivity index (χ0n) is 14.5. The van der Waals surface area contributed by atoms with Crippen molar-refractivity contribution in [3.63, 3.8) is 0 Å². The van der Waals surface area contributed by atoms with Crippen LogP contribution in [0, 0.1) is 0 Å². The number of ether oxygens (including phenoxy) is 2. The highest BCUT2D eigenvalue weighted by molar-refractivity contribution is 5.44. The molecule has 0 bridgehead atoms. The molecule has 6 nitrogen and oxygen atoms in total. The largest absolute Gasteiger partial charge is 0.454 e. The van der Waals surface area contributed by atoms with E-state index < -0.39 is 0 Å². The molecule has 130 valence electrons. The zero-order chi connectivity index (χ0) is 17.2. The highest BCUT2D eigenvalue weighted by Gasteiger charge is 2.16. The third-order valence-electron chi connectivity index (χ3n) is 4.56. The van der Waals surface area contributed by atoms with E-state index in [4.69, 9.17) is 9.47 Å². The Kier molecular flexibility index (Phi) is 4.28. The van der Waals surface area contributed by atoms with Gasteiger partial charge in [-0.15, -0.1) is 10.2 Å². The lowest BCUT2D eigenvalue weighted by atomic mass is 10.0. The van der Waals surface area contributed by atoms with Crippen molar-refractivity contribution >= 4 is 5.65 Å². The van der Waals surface area contributed by atoms with Gasteiger partial charge < -0.3 is 14.8 Å². The highest BCUT2D eigenvalue weighted by Crippen LogP contribution is 2.32. The van der Waals surface area contributed by atoms with E-state index in [-0.39, 0.29) is 6.04 Å². The van der Waals surface area contributed by atoms with Crippen LogP contribution in [0.15, 0.2) is 42.6 Å². The lowest BCUT2D eigenvalue weighted by Crippen LogP contribution is -2.30. The fourth-order valence-corrected chi connectivity index (χ4v) is 3.22. The highest BCUT2D eigenvalue weighted by atomic mass is 16.7. The third-order valence-corrected chi connectivity index (χ3v) is 4.56. The SMILES string of the molecule is CC(CCc1ccc2c(c1)OCO2)NC(C)c1nnc2ccccn12. The van der Waals surface area contributed by atoms with Gasteiger partial charge in [-0.1, -0.05) is 12.1 Å². The molecule has 0 saturated carbocycles. The van der Waals surface area contributed by atoms with Gasteiger partial charge in [0.1, 0.15) is 0 Å². The Labute approximate surface area is 146 Å². The van der Waals surface area contributed by atoms with Gasteiger partial charge in [-0.05, 0) is 56.5 Å². The van der Waals surface area contributed by atoms with Crippen LogP contribution in [0.3, 0.4) is 0 Å². The Morgan fingerprint density at radius 1 is 1.12 bits per heavy atom. The number of nitrogens with one attached hydrogen (secondary N) is 1. The third kappa shape index (κ3) is 3.30. The molecule has 0 fully saturated rings. The number of hydrogen-bond acceptors (Lipinski definition) is 5. The molecule has 25 heavy (non-hydrogen) atoms. The molecule has 1 aromatic carbocycles. The molecule has 2 unspecified atom stereocenters. The summed E-state index contributed by atoms with van der Waals surface area (Å²) in [5.41, 5.74) is 2.14. The number of nitrogens with zero attached hydrogens (tertiary/aromatic N) is 3. The molecule has 2 atom stereocenters. The topological polar surface area (TPSA) is 60.7 Å². The molecule has 2 aromatic heterocycles. The quantitative estimate of drug-likeness (QED) is 0.748.